The number of hydrogen-bond donors (Lipinski definition) is 1. The smallest absolute Gasteiger partial charge is 0.437 e. The van der Waals surface area contributed by atoms with Crippen LogP contribution in [-0.2, 0) is 16.2 Å². The summed E-state index contributed by atoms with van der Waals surface area (Å²) in [6.45, 7) is -0.0339. The minimum absolute atomic E-state index is 0.0339. The Bertz CT molecular complexity index is 378. The topological polar surface area (TPSA) is 82.5 Å². The van der Waals surface area contributed by atoms with E-state index >= 15 is 0 Å². The van der Waals surface area contributed by atoms with Gasteiger partial charge in [0.05, 0.1) is 7.11 Å². The normalized spacial score (nSPS) is 9.40. The van der Waals surface area contributed by atoms with Crippen LogP contribution in [0.4, 0.5) is 4.79 Å². The van der Waals surface area contributed by atoms with E-state index < -0.39 is 12.1 Å². The van der Waals surface area contributed by atoms with Crippen molar-refractivity contribution in [1.29, 1.82) is 0 Å². The van der Waals surface area contributed by atoms with Crippen molar-refractivity contribution in [1.82, 2.24) is 0 Å². The molecule has 0 atom stereocenters. The Morgan fingerprint density at radius 2 is 2.27 bits per heavy atom. The summed E-state index contributed by atoms with van der Waals surface area (Å²) in [7, 11) is 1.22. The molecule has 0 unspecified atom stereocenters. The zero-order valence-electron chi connectivity index (χ0n) is 8.17. The van der Waals surface area contributed by atoms with Crippen molar-refractivity contribution in [3.05, 3.63) is 30.1 Å². The zero-order chi connectivity index (χ0) is 11.3. The molecule has 2 N–H and O–H groups in total. The van der Waals surface area contributed by atoms with Crippen LogP contribution in [0.2, 0.25) is 0 Å². The Kier molecular flexibility index (Phi) is 3.61. The number of rotatable bonds is 3. The molecule has 15 heavy (non-hydrogen) atoms. The lowest BCUT2D eigenvalue weighted by Crippen LogP contribution is -2.36. The summed E-state index contributed by atoms with van der Waals surface area (Å²) in [5.41, 5.74) is 5.42. The van der Waals surface area contributed by atoms with Gasteiger partial charge in [0.25, 0.3) is 12.6 Å². The van der Waals surface area contributed by atoms with Crippen molar-refractivity contribution in [2.24, 2.45) is 5.73 Å². The maximum atomic E-state index is 10.8. The molecule has 0 fully saturated rings. The van der Waals surface area contributed by atoms with Gasteiger partial charge in [0.2, 0.25) is 0 Å². The standard InChI is InChI=1S/C9H10N2O4/c1-14-9(13)15-6-11-4-2-3-7(5-11)8(10)12/h2-5H,6H2,1H3,(H-,10,12)/p+1. The lowest BCUT2D eigenvalue weighted by molar-refractivity contribution is -0.727. The first-order valence-corrected chi connectivity index (χ1v) is 4.13. The van der Waals surface area contributed by atoms with Gasteiger partial charge >= 0.3 is 6.16 Å². The first-order valence-electron chi connectivity index (χ1n) is 4.13. The molecule has 0 aliphatic rings. The highest BCUT2D eigenvalue weighted by Gasteiger charge is 2.09. The predicted octanol–water partition coefficient (Wildman–Crippen LogP) is -0.187. The number of amides is 1. The number of hydrogen-bond acceptors (Lipinski definition) is 4. The minimum Gasteiger partial charge on any atom is -0.437 e. The van der Waals surface area contributed by atoms with E-state index in [-0.39, 0.29) is 6.73 Å². The van der Waals surface area contributed by atoms with Crippen LogP contribution < -0.4 is 10.3 Å². The fraction of sp³-hybridized carbons (Fsp3) is 0.222. The zero-order valence-corrected chi connectivity index (χ0v) is 8.17. The molecule has 1 aromatic heterocycles. The molecule has 1 aromatic rings. The number of nitrogens with zero attached hydrogens (tertiary/aromatic N) is 1. The molecule has 80 valence electrons. The van der Waals surface area contributed by atoms with Crippen molar-refractivity contribution in [2.45, 2.75) is 6.73 Å². The van der Waals surface area contributed by atoms with E-state index in [0.717, 1.165) is 0 Å². The van der Waals surface area contributed by atoms with E-state index in [0.29, 0.717) is 5.56 Å². The third-order valence-corrected chi connectivity index (χ3v) is 1.64. The van der Waals surface area contributed by atoms with Gasteiger partial charge in [-0.05, 0) is 6.07 Å². The summed E-state index contributed by atoms with van der Waals surface area (Å²) in [6.07, 6.45) is 2.33. The second-order valence-electron chi connectivity index (χ2n) is 2.70. The fourth-order valence-electron chi connectivity index (χ4n) is 0.934. The van der Waals surface area contributed by atoms with Crippen LogP contribution in [0.15, 0.2) is 24.5 Å². The Morgan fingerprint density at radius 3 is 2.87 bits per heavy atom. The highest BCUT2D eigenvalue weighted by Crippen LogP contribution is 1.92. The van der Waals surface area contributed by atoms with Crippen LogP contribution >= 0.6 is 0 Å². The summed E-state index contributed by atoms with van der Waals surface area (Å²) >= 11 is 0. The molecule has 1 rings (SSSR count). The Morgan fingerprint density at radius 1 is 1.53 bits per heavy atom. The van der Waals surface area contributed by atoms with Gasteiger partial charge in [-0.2, -0.15) is 4.57 Å². The van der Waals surface area contributed by atoms with E-state index in [2.05, 4.69) is 9.47 Å². The largest absolute Gasteiger partial charge is 0.512 e. The molecule has 1 heterocycles. The Balaban J connectivity index is 2.66. The second-order valence-corrected chi connectivity index (χ2v) is 2.70. The van der Waals surface area contributed by atoms with Crippen LogP contribution in [0.5, 0.6) is 0 Å². The molecular formula is C9H11N2O4+. The summed E-state index contributed by atoms with van der Waals surface area (Å²) in [4.78, 5) is 21.5. The number of methoxy groups -OCH3 is 1. The van der Waals surface area contributed by atoms with Gasteiger partial charge in [-0.25, -0.2) is 4.79 Å². The van der Waals surface area contributed by atoms with Crippen molar-refractivity contribution >= 4 is 12.1 Å². The van der Waals surface area contributed by atoms with Crippen LogP contribution in [0, 0.1) is 0 Å². The lowest BCUT2D eigenvalue weighted by atomic mass is 10.3. The average Bonchev–Trinajstić information content (AvgIpc) is 2.26. The molecule has 0 saturated heterocycles. The van der Waals surface area contributed by atoms with Crippen molar-refractivity contribution in [3.63, 3.8) is 0 Å². The number of primary amides is 1. The number of pyridine rings is 1. The maximum Gasteiger partial charge on any atom is 0.512 e. The molecule has 0 aliphatic heterocycles. The van der Waals surface area contributed by atoms with Gasteiger partial charge in [-0.3, -0.25) is 4.79 Å². The quantitative estimate of drug-likeness (QED) is 0.555. The second kappa shape index (κ2) is 4.94. The molecule has 0 aliphatic carbocycles. The number of nitrogens with two attached hydrogens (primary N) is 1. The van der Waals surface area contributed by atoms with Gasteiger partial charge in [0.15, 0.2) is 12.4 Å². The summed E-state index contributed by atoms with van der Waals surface area (Å²) < 4.78 is 10.4. The highest BCUT2D eigenvalue weighted by molar-refractivity contribution is 5.92. The van der Waals surface area contributed by atoms with E-state index in [1.165, 1.54) is 17.9 Å². The molecule has 1 amide bonds. The molecule has 6 heteroatoms. The molecule has 6 nitrogen and oxygen atoms in total. The van der Waals surface area contributed by atoms with E-state index in [1.54, 1.807) is 18.3 Å². The Hall–Kier alpha value is -2.11. The Labute approximate surface area is 86.2 Å². The monoisotopic (exact) mass is 211 g/mol. The fourth-order valence-corrected chi connectivity index (χ4v) is 0.934. The number of carbonyl (C=O) groups excluding carboxylic acids is 2. The van der Waals surface area contributed by atoms with Crippen LogP contribution in [0.1, 0.15) is 10.4 Å². The first-order chi connectivity index (χ1) is 7.13. The van der Waals surface area contributed by atoms with Gasteiger partial charge in [-0.1, -0.05) is 0 Å². The van der Waals surface area contributed by atoms with E-state index in [9.17, 15) is 9.59 Å². The van der Waals surface area contributed by atoms with Crippen molar-refractivity contribution < 1.29 is 23.6 Å². The van der Waals surface area contributed by atoms with Crippen molar-refractivity contribution in [3.8, 4) is 0 Å². The van der Waals surface area contributed by atoms with Crippen LogP contribution in [-0.4, -0.2) is 19.2 Å². The molecule has 0 bridgehead atoms. The summed E-state index contributed by atoms with van der Waals surface area (Å²) in [5.74, 6) is -0.539. The van der Waals surface area contributed by atoms with Gasteiger partial charge in [0, 0.05) is 6.07 Å². The van der Waals surface area contributed by atoms with E-state index in [4.69, 9.17) is 5.73 Å². The number of carbonyl (C=O) groups is 2. The highest BCUT2D eigenvalue weighted by atomic mass is 16.7. The van der Waals surface area contributed by atoms with Gasteiger partial charge in [-0.15, -0.1) is 0 Å². The first kappa shape index (κ1) is 11.0. The number of aromatic nitrogens is 1. The number of ether oxygens (including phenoxy) is 2. The van der Waals surface area contributed by atoms with Crippen LogP contribution in [0.3, 0.4) is 0 Å². The predicted molar refractivity (Wildman–Crippen MR) is 48.6 cm³/mol. The minimum atomic E-state index is -0.785. The average molecular weight is 211 g/mol. The molecule has 0 saturated carbocycles. The maximum absolute atomic E-state index is 10.8. The molecule has 0 spiro atoms. The summed E-state index contributed by atoms with van der Waals surface area (Å²) in [5, 5.41) is 0. The molecular weight excluding hydrogens is 200 g/mol. The van der Waals surface area contributed by atoms with Gasteiger partial charge in [0.1, 0.15) is 5.56 Å². The SMILES string of the molecule is COC(=O)OC[n+]1cccc(C(N)=O)c1. The van der Waals surface area contributed by atoms with Gasteiger partial charge < -0.3 is 15.2 Å². The molecule has 0 radical (unpaired) electrons. The lowest BCUT2D eigenvalue weighted by Gasteiger charge is -1.99. The van der Waals surface area contributed by atoms with Crippen LogP contribution in [0.25, 0.3) is 0 Å². The molecule has 0 aromatic carbocycles. The van der Waals surface area contributed by atoms with Crippen molar-refractivity contribution in [2.75, 3.05) is 7.11 Å². The summed E-state index contributed by atoms with van der Waals surface area (Å²) in [6, 6.07) is 3.19. The third kappa shape index (κ3) is 3.26. The third-order valence-electron chi connectivity index (χ3n) is 1.64. The van der Waals surface area contributed by atoms with E-state index in [1.807, 2.05) is 0 Å².